The lowest BCUT2D eigenvalue weighted by atomic mass is 10.2. The van der Waals surface area contributed by atoms with Crippen molar-refractivity contribution in [3.8, 4) is 0 Å². The van der Waals surface area contributed by atoms with E-state index in [4.69, 9.17) is 0 Å². The molecule has 4 nitrogen and oxygen atoms in total. The molecule has 0 aliphatic carbocycles. The highest BCUT2D eigenvalue weighted by molar-refractivity contribution is 5.92. The second-order valence-corrected chi connectivity index (χ2v) is 4.66. The average molecular weight is 254 g/mol. The maximum Gasteiger partial charge on any atom is 0.156 e. The van der Waals surface area contributed by atoms with Crippen LogP contribution in [0.2, 0.25) is 0 Å². The number of carbonyl (C=O) groups excluding carboxylic acids is 2. The highest BCUT2D eigenvalue weighted by Crippen LogP contribution is 1.94. The molecule has 0 saturated heterocycles. The van der Waals surface area contributed by atoms with Gasteiger partial charge in [-0.05, 0) is 27.7 Å². The molecule has 0 N–H and O–H groups in total. The Bertz CT molecular complexity index is 306. The molecule has 0 bridgehead atoms. The molecule has 0 aromatic rings. The van der Waals surface area contributed by atoms with Crippen LogP contribution < -0.4 is 0 Å². The first kappa shape index (κ1) is 18.8. The van der Waals surface area contributed by atoms with Crippen LogP contribution in [0.1, 0.15) is 27.7 Å². The van der Waals surface area contributed by atoms with Crippen LogP contribution in [-0.4, -0.2) is 49.6 Å². The monoisotopic (exact) mass is 254 g/mol. The molecular formula is C14H26N2O2. The van der Waals surface area contributed by atoms with Gasteiger partial charge < -0.3 is 9.80 Å². The Hall–Kier alpha value is -1.58. The summed E-state index contributed by atoms with van der Waals surface area (Å²) in [4.78, 5) is 24.9. The van der Waals surface area contributed by atoms with E-state index in [0.717, 1.165) is 11.1 Å². The first-order valence-electron chi connectivity index (χ1n) is 5.79. The lowest BCUT2D eigenvalue weighted by Crippen LogP contribution is -2.04. The van der Waals surface area contributed by atoms with E-state index in [1.54, 1.807) is 13.8 Å². The number of Topliss-reactive ketones (excluding diaryl/α,β-unsaturated/α-hetero) is 2. The van der Waals surface area contributed by atoms with E-state index in [9.17, 15) is 9.59 Å². The molecule has 0 aliphatic rings. The van der Waals surface area contributed by atoms with Gasteiger partial charge in [0, 0.05) is 51.7 Å². The normalized spacial score (nSPS) is 11.3. The minimum atomic E-state index is 0.128. The third-order valence-corrected chi connectivity index (χ3v) is 2.01. The highest BCUT2D eigenvalue weighted by atomic mass is 16.1. The van der Waals surface area contributed by atoms with Gasteiger partial charge in [-0.1, -0.05) is 0 Å². The van der Waals surface area contributed by atoms with E-state index in [-0.39, 0.29) is 11.6 Å². The van der Waals surface area contributed by atoms with Crippen LogP contribution in [0.25, 0.3) is 0 Å². The van der Waals surface area contributed by atoms with Gasteiger partial charge in [-0.3, -0.25) is 9.59 Å². The van der Waals surface area contributed by atoms with Crippen LogP contribution in [0.3, 0.4) is 0 Å². The van der Waals surface area contributed by atoms with Crippen LogP contribution in [0.15, 0.2) is 23.5 Å². The first-order valence-corrected chi connectivity index (χ1v) is 5.79. The molecule has 0 aromatic carbocycles. The van der Waals surface area contributed by atoms with Crippen LogP contribution >= 0.6 is 0 Å². The standard InChI is InChI=1S/2C7H13NO/c2*1-6(7(2)9)5-8(3)4/h2*5H,1-4H3. The van der Waals surface area contributed by atoms with E-state index in [1.807, 2.05) is 64.2 Å². The molecule has 0 atom stereocenters. The van der Waals surface area contributed by atoms with Gasteiger partial charge in [0.25, 0.3) is 0 Å². The zero-order valence-electron chi connectivity index (χ0n) is 12.9. The first-order chi connectivity index (χ1) is 8.07. The zero-order valence-corrected chi connectivity index (χ0v) is 12.9. The molecule has 0 spiro atoms. The van der Waals surface area contributed by atoms with Gasteiger partial charge in [0.05, 0.1) is 0 Å². The lowest BCUT2D eigenvalue weighted by Gasteiger charge is -2.04. The molecular weight excluding hydrogens is 228 g/mol. The van der Waals surface area contributed by atoms with E-state index < -0.39 is 0 Å². The molecule has 0 unspecified atom stereocenters. The Labute approximate surface area is 111 Å². The van der Waals surface area contributed by atoms with Crippen molar-refractivity contribution in [3.05, 3.63) is 23.5 Å². The predicted octanol–water partition coefficient (Wildman–Crippen LogP) is 2.08. The molecule has 0 radical (unpaired) electrons. The number of hydrogen-bond acceptors (Lipinski definition) is 4. The third kappa shape index (κ3) is 12.5. The Morgan fingerprint density at radius 2 is 0.889 bits per heavy atom. The van der Waals surface area contributed by atoms with E-state index in [2.05, 4.69) is 0 Å². The molecule has 4 heteroatoms. The topological polar surface area (TPSA) is 40.6 Å². The van der Waals surface area contributed by atoms with E-state index in [1.165, 1.54) is 0 Å². The van der Waals surface area contributed by atoms with Gasteiger partial charge in [-0.25, -0.2) is 0 Å². The summed E-state index contributed by atoms with van der Waals surface area (Å²) >= 11 is 0. The van der Waals surface area contributed by atoms with Crippen LogP contribution in [0.5, 0.6) is 0 Å². The summed E-state index contributed by atoms with van der Waals surface area (Å²) in [5, 5.41) is 0. The number of carbonyl (C=O) groups is 2. The van der Waals surface area contributed by atoms with Crippen molar-refractivity contribution in [3.63, 3.8) is 0 Å². The van der Waals surface area contributed by atoms with Gasteiger partial charge in [0.1, 0.15) is 0 Å². The molecule has 0 heterocycles. The van der Waals surface area contributed by atoms with Gasteiger partial charge in [0.2, 0.25) is 0 Å². The summed E-state index contributed by atoms with van der Waals surface area (Å²) in [5.74, 6) is 0.257. The van der Waals surface area contributed by atoms with E-state index >= 15 is 0 Å². The number of rotatable bonds is 4. The Kier molecular flexibility index (Phi) is 9.86. The van der Waals surface area contributed by atoms with Crippen molar-refractivity contribution in [2.24, 2.45) is 0 Å². The minimum absolute atomic E-state index is 0.128. The maximum absolute atomic E-state index is 10.6. The smallest absolute Gasteiger partial charge is 0.156 e. The maximum atomic E-state index is 10.6. The SMILES string of the molecule is CC(=O)C(C)=CN(C)C.CC(=O)C(C)=CN(C)C. The molecule has 0 saturated carbocycles. The fraction of sp³-hybridized carbons (Fsp3) is 0.571. The number of ketones is 2. The second kappa shape index (κ2) is 9.45. The summed E-state index contributed by atoms with van der Waals surface area (Å²) in [6, 6.07) is 0. The zero-order chi connectivity index (χ0) is 14.9. The fourth-order valence-corrected chi connectivity index (χ4v) is 0.956. The summed E-state index contributed by atoms with van der Waals surface area (Å²) < 4.78 is 0. The van der Waals surface area contributed by atoms with Crippen molar-refractivity contribution in [1.82, 2.24) is 9.80 Å². The Morgan fingerprint density at radius 3 is 0.944 bits per heavy atom. The molecule has 0 fully saturated rings. The Morgan fingerprint density at radius 1 is 0.667 bits per heavy atom. The van der Waals surface area contributed by atoms with Crippen molar-refractivity contribution in [2.75, 3.05) is 28.2 Å². The summed E-state index contributed by atoms with van der Waals surface area (Å²) in [6.07, 6.45) is 3.62. The van der Waals surface area contributed by atoms with Gasteiger partial charge in [-0.15, -0.1) is 0 Å². The fourth-order valence-electron chi connectivity index (χ4n) is 0.956. The van der Waals surface area contributed by atoms with Gasteiger partial charge >= 0.3 is 0 Å². The summed E-state index contributed by atoms with van der Waals surface area (Å²) in [5.41, 5.74) is 1.58. The summed E-state index contributed by atoms with van der Waals surface area (Å²) in [7, 11) is 7.58. The van der Waals surface area contributed by atoms with Crippen LogP contribution in [-0.2, 0) is 9.59 Å². The van der Waals surface area contributed by atoms with Crippen molar-refractivity contribution >= 4 is 11.6 Å². The second-order valence-electron chi connectivity index (χ2n) is 4.66. The predicted molar refractivity (Wildman–Crippen MR) is 76.3 cm³/mol. The van der Waals surface area contributed by atoms with Crippen LogP contribution in [0.4, 0.5) is 0 Å². The number of hydrogen-bond donors (Lipinski definition) is 0. The molecule has 0 aliphatic heterocycles. The number of allylic oxidation sites excluding steroid dienone is 2. The third-order valence-electron chi connectivity index (χ3n) is 2.01. The van der Waals surface area contributed by atoms with Crippen LogP contribution in [0, 0.1) is 0 Å². The highest BCUT2D eigenvalue weighted by Gasteiger charge is 1.94. The minimum Gasteiger partial charge on any atom is -0.383 e. The quantitative estimate of drug-likeness (QED) is 0.720. The molecule has 104 valence electrons. The van der Waals surface area contributed by atoms with Crippen molar-refractivity contribution < 1.29 is 9.59 Å². The van der Waals surface area contributed by atoms with Gasteiger partial charge in [-0.2, -0.15) is 0 Å². The lowest BCUT2D eigenvalue weighted by molar-refractivity contribution is -0.114. The average Bonchev–Trinajstić information content (AvgIpc) is 2.16. The summed E-state index contributed by atoms with van der Waals surface area (Å²) in [6.45, 7) is 6.75. The Balaban J connectivity index is 0. The molecule has 18 heavy (non-hydrogen) atoms. The van der Waals surface area contributed by atoms with Crippen molar-refractivity contribution in [2.45, 2.75) is 27.7 Å². The van der Waals surface area contributed by atoms with Crippen molar-refractivity contribution in [1.29, 1.82) is 0 Å². The largest absolute Gasteiger partial charge is 0.383 e. The molecule has 0 rings (SSSR count). The van der Waals surface area contributed by atoms with E-state index in [0.29, 0.717) is 0 Å². The number of nitrogens with zero attached hydrogens (tertiary/aromatic N) is 2. The van der Waals surface area contributed by atoms with Gasteiger partial charge in [0.15, 0.2) is 11.6 Å². The molecule has 0 amide bonds. The molecule has 0 aromatic heterocycles.